The fraction of sp³-hybridized carbons (Fsp3) is 0.300. The highest BCUT2D eigenvalue weighted by Crippen LogP contribution is 2.26. The van der Waals surface area contributed by atoms with Gasteiger partial charge in [-0.15, -0.1) is 0 Å². The summed E-state index contributed by atoms with van der Waals surface area (Å²) in [5, 5.41) is 4.41. The van der Waals surface area contributed by atoms with Crippen molar-refractivity contribution in [3.8, 4) is 0 Å². The summed E-state index contributed by atoms with van der Waals surface area (Å²) in [5.74, 6) is 0.243. The maximum Gasteiger partial charge on any atom is 0.231 e. The average Bonchev–Trinajstić information content (AvgIpc) is 2.59. The van der Waals surface area contributed by atoms with Crippen LogP contribution >= 0.6 is 0 Å². The summed E-state index contributed by atoms with van der Waals surface area (Å²) in [6, 6.07) is 5.56. The molecule has 16 heavy (non-hydrogen) atoms. The number of fused-ring (bicyclic) bond motifs is 1. The van der Waals surface area contributed by atoms with E-state index < -0.39 is 10.0 Å². The lowest BCUT2D eigenvalue weighted by molar-refractivity contribution is 0.458. The van der Waals surface area contributed by atoms with Gasteiger partial charge in [0.15, 0.2) is 11.4 Å². The molecule has 1 N–H and O–H groups in total. The first-order chi connectivity index (χ1) is 7.51. The fourth-order valence-electron chi connectivity index (χ4n) is 1.55. The third-order valence-electron chi connectivity index (χ3n) is 2.24. The molecule has 86 valence electrons. The molecular formula is C10H12N2O3S. The Bertz CT molecular complexity index is 616. The summed E-state index contributed by atoms with van der Waals surface area (Å²) in [4.78, 5) is 0. The molecule has 0 aliphatic rings. The first kappa shape index (κ1) is 10.9. The Balaban J connectivity index is 2.58. The molecule has 0 atom stereocenters. The fourth-order valence-corrected chi connectivity index (χ4v) is 2.05. The van der Waals surface area contributed by atoms with Crippen LogP contribution in [0.4, 0.5) is 5.82 Å². The van der Waals surface area contributed by atoms with Gasteiger partial charge in [-0.05, 0) is 18.1 Å². The highest BCUT2D eigenvalue weighted by atomic mass is 32.2. The van der Waals surface area contributed by atoms with E-state index in [1.807, 2.05) is 19.1 Å². The molecule has 5 nitrogen and oxygen atoms in total. The Morgan fingerprint density at radius 1 is 1.44 bits per heavy atom. The summed E-state index contributed by atoms with van der Waals surface area (Å²) in [5.41, 5.74) is 1.64. The lowest BCUT2D eigenvalue weighted by Crippen LogP contribution is -2.09. The number of aryl methyl sites for hydroxylation is 1. The maximum absolute atomic E-state index is 11.1. The number of hydrogen-bond donors (Lipinski definition) is 1. The van der Waals surface area contributed by atoms with Gasteiger partial charge in [0.2, 0.25) is 10.0 Å². The third-order valence-corrected chi connectivity index (χ3v) is 2.81. The van der Waals surface area contributed by atoms with Crippen molar-refractivity contribution < 1.29 is 12.9 Å². The molecule has 1 heterocycles. The Morgan fingerprint density at radius 3 is 2.81 bits per heavy atom. The van der Waals surface area contributed by atoms with Crippen molar-refractivity contribution in [3.63, 3.8) is 0 Å². The second-order valence-corrected chi connectivity index (χ2v) is 5.30. The number of aromatic nitrogens is 1. The van der Waals surface area contributed by atoms with Gasteiger partial charge >= 0.3 is 0 Å². The van der Waals surface area contributed by atoms with Gasteiger partial charge in [-0.2, -0.15) is 0 Å². The van der Waals surface area contributed by atoms with E-state index in [1.165, 1.54) is 0 Å². The van der Waals surface area contributed by atoms with E-state index in [2.05, 4.69) is 9.88 Å². The SMILES string of the molecule is CCc1cccc2c(NS(C)(=O)=O)noc12. The summed E-state index contributed by atoms with van der Waals surface area (Å²) >= 11 is 0. The number of nitrogens with zero attached hydrogens (tertiary/aromatic N) is 1. The molecular weight excluding hydrogens is 228 g/mol. The molecule has 0 radical (unpaired) electrons. The van der Waals surface area contributed by atoms with Crippen LogP contribution in [-0.4, -0.2) is 19.8 Å². The van der Waals surface area contributed by atoms with E-state index in [-0.39, 0.29) is 5.82 Å². The van der Waals surface area contributed by atoms with Gasteiger partial charge in [0, 0.05) is 0 Å². The van der Waals surface area contributed by atoms with Crippen molar-refractivity contribution in [2.45, 2.75) is 13.3 Å². The smallest absolute Gasteiger partial charge is 0.231 e. The molecule has 6 heteroatoms. The van der Waals surface area contributed by atoms with Crippen molar-refractivity contribution in [1.29, 1.82) is 0 Å². The van der Waals surface area contributed by atoms with E-state index in [1.54, 1.807) is 6.07 Å². The van der Waals surface area contributed by atoms with Crippen LogP contribution in [0.15, 0.2) is 22.7 Å². The predicted molar refractivity (Wildman–Crippen MR) is 61.9 cm³/mol. The molecule has 0 fully saturated rings. The van der Waals surface area contributed by atoms with Gasteiger partial charge in [0.05, 0.1) is 11.6 Å². The summed E-state index contributed by atoms with van der Waals surface area (Å²) in [6.45, 7) is 2.00. The van der Waals surface area contributed by atoms with Crippen molar-refractivity contribution in [2.24, 2.45) is 0 Å². The van der Waals surface area contributed by atoms with Crippen LogP contribution in [0.5, 0.6) is 0 Å². The number of para-hydroxylation sites is 1. The Hall–Kier alpha value is -1.56. The molecule has 0 aliphatic carbocycles. The molecule has 1 aromatic heterocycles. The average molecular weight is 240 g/mol. The largest absolute Gasteiger partial charge is 0.354 e. The minimum atomic E-state index is -3.33. The van der Waals surface area contributed by atoms with Crippen LogP contribution in [0, 0.1) is 0 Å². The molecule has 0 saturated carbocycles. The minimum Gasteiger partial charge on any atom is -0.354 e. The van der Waals surface area contributed by atoms with Crippen LogP contribution in [0.1, 0.15) is 12.5 Å². The first-order valence-electron chi connectivity index (χ1n) is 4.86. The third kappa shape index (κ3) is 2.01. The molecule has 0 saturated heterocycles. The van der Waals surface area contributed by atoms with E-state index in [4.69, 9.17) is 4.52 Å². The van der Waals surface area contributed by atoms with Gasteiger partial charge in [-0.25, -0.2) is 8.42 Å². The Labute approximate surface area is 93.5 Å². The quantitative estimate of drug-likeness (QED) is 0.887. The van der Waals surface area contributed by atoms with Crippen LogP contribution in [-0.2, 0) is 16.4 Å². The zero-order chi connectivity index (χ0) is 11.8. The highest BCUT2D eigenvalue weighted by molar-refractivity contribution is 7.92. The monoisotopic (exact) mass is 240 g/mol. The number of sulfonamides is 1. The number of anilines is 1. The Morgan fingerprint density at radius 2 is 2.19 bits per heavy atom. The number of benzene rings is 1. The molecule has 0 unspecified atom stereocenters. The van der Waals surface area contributed by atoms with Gasteiger partial charge in [-0.3, -0.25) is 4.72 Å². The van der Waals surface area contributed by atoms with Gasteiger partial charge in [-0.1, -0.05) is 24.2 Å². The second-order valence-electron chi connectivity index (χ2n) is 3.55. The lowest BCUT2D eigenvalue weighted by atomic mass is 10.1. The molecule has 0 bridgehead atoms. The zero-order valence-electron chi connectivity index (χ0n) is 9.02. The minimum absolute atomic E-state index is 0.243. The van der Waals surface area contributed by atoms with Crippen molar-refractivity contribution in [3.05, 3.63) is 23.8 Å². The number of nitrogens with one attached hydrogen (secondary N) is 1. The van der Waals surface area contributed by atoms with Crippen LogP contribution < -0.4 is 4.72 Å². The molecule has 0 aliphatic heterocycles. The second kappa shape index (κ2) is 3.79. The van der Waals surface area contributed by atoms with Crippen LogP contribution in [0.25, 0.3) is 11.0 Å². The van der Waals surface area contributed by atoms with Crippen molar-refractivity contribution in [2.75, 3.05) is 11.0 Å². The van der Waals surface area contributed by atoms with Gasteiger partial charge in [0.25, 0.3) is 0 Å². The molecule has 0 spiro atoms. The predicted octanol–water partition coefficient (Wildman–Crippen LogP) is 1.76. The van der Waals surface area contributed by atoms with Crippen molar-refractivity contribution >= 4 is 26.8 Å². The lowest BCUT2D eigenvalue weighted by Gasteiger charge is -1.99. The van der Waals surface area contributed by atoms with E-state index in [9.17, 15) is 8.42 Å². The van der Waals surface area contributed by atoms with Crippen LogP contribution in [0.3, 0.4) is 0 Å². The molecule has 1 aromatic carbocycles. The normalized spacial score (nSPS) is 11.9. The van der Waals surface area contributed by atoms with Gasteiger partial charge < -0.3 is 4.52 Å². The van der Waals surface area contributed by atoms with Gasteiger partial charge in [0.1, 0.15) is 0 Å². The topological polar surface area (TPSA) is 72.2 Å². The van der Waals surface area contributed by atoms with Crippen molar-refractivity contribution in [1.82, 2.24) is 5.16 Å². The summed E-state index contributed by atoms with van der Waals surface area (Å²) in [6.07, 6.45) is 1.89. The Kier molecular flexibility index (Phi) is 2.59. The summed E-state index contributed by atoms with van der Waals surface area (Å²) < 4.78 is 29.7. The van der Waals surface area contributed by atoms with Crippen LogP contribution in [0.2, 0.25) is 0 Å². The number of hydrogen-bond acceptors (Lipinski definition) is 4. The molecule has 2 aromatic rings. The number of rotatable bonds is 3. The molecule has 0 amide bonds. The zero-order valence-corrected chi connectivity index (χ0v) is 9.84. The summed E-state index contributed by atoms with van der Waals surface area (Å²) in [7, 11) is -3.33. The van der Waals surface area contributed by atoms with E-state index in [0.29, 0.717) is 11.0 Å². The standard InChI is InChI=1S/C10H12N2O3S/c1-3-7-5-4-6-8-9(7)15-11-10(8)12-16(2,13)14/h4-6H,3H2,1-2H3,(H,11,12). The van der Waals surface area contributed by atoms with E-state index >= 15 is 0 Å². The molecule has 2 rings (SSSR count). The first-order valence-corrected chi connectivity index (χ1v) is 6.75. The highest BCUT2D eigenvalue weighted by Gasteiger charge is 2.13. The maximum atomic E-state index is 11.1. The van der Waals surface area contributed by atoms with E-state index in [0.717, 1.165) is 18.2 Å².